The summed E-state index contributed by atoms with van der Waals surface area (Å²) in [5, 5.41) is 2.00. The number of carbonyl (C=O) groups excluding carboxylic acids is 1. The molecule has 0 saturated heterocycles. The number of benzene rings is 4. The fraction of sp³-hybridized carbons (Fsp3) is 0.147. The molecule has 0 aliphatic carbocycles. The highest BCUT2D eigenvalue weighted by Crippen LogP contribution is 2.36. The van der Waals surface area contributed by atoms with Crippen LogP contribution in [0.3, 0.4) is 0 Å². The van der Waals surface area contributed by atoms with Crippen molar-refractivity contribution in [2.24, 2.45) is 4.99 Å². The number of carbonyl (C=O) groups is 1. The maximum absolute atomic E-state index is 14.3. The molecule has 0 saturated carbocycles. The van der Waals surface area contributed by atoms with Crippen molar-refractivity contribution in [2.45, 2.75) is 13.0 Å². The fourth-order valence-electron chi connectivity index (χ4n) is 5.28. The van der Waals surface area contributed by atoms with Gasteiger partial charge in [0.1, 0.15) is 11.5 Å². The number of hydrogen-bond acceptors (Lipinski definition) is 7. The van der Waals surface area contributed by atoms with Crippen LogP contribution in [0.25, 0.3) is 22.5 Å². The fourth-order valence-corrected chi connectivity index (χ4v) is 6.26. The maximum atomic E-state index is 14.3. The van der Waals surface area contributed by atoms with E-state index in [0.29, 0.717) is 32.1 Å². The van der Waals surface area contributed by atoms with Crippen molar-refractivity contribution in [1.82, 2.24) is 4.57 Å². The molecule has 1 aromatic heterocycles. The van der Waals surface area contributed by atoms with Gasteiger partial charge in [-0.25, -0.2) is 9.79 Å². The number of fused-ring (bicyclic) bond motifs is 2. The Balaban J connectivity index is 1.67. The van der Waals surface area contributed by atoms with Crippen molar-refractivity contribution in [3.05, 3.63) is 133 Å². The third kappa shape index (κ3) is 4.80. The lowest BCUT2D eigenvalue weighted by atomic mass is 9.93. The predicted octanol–water partition coefficient (Wildman–Crippen LogP) is 5.11. The first-order valence-electron chi connectivity index (χ1n) is 13.5. The Morgan fingerprint density at radius 2 is 1.67 bits per heavy atom. The third-order valence-electron chi connectivity index (χ3n) is 7.23. The van der Waals surface area contributed by atoms with Crippen LogP contribution in [-0.2, 0) is 9.53 Å². The van der Waals surface area contributed by atoms with Gasteiger partial charge in [0.25, 0.3) is 5.56 Å². The van der Waals surface area contributed by atoms with E-state index in [4.69, 9.17) is 19.2 Å². The van der Waals surface area contributed by atoms with Gasteiger partial charge in [0.2, 0.25) is 0 Å². The number of methoxy groups -OCH3 is 2. The first kappa shape index (κ1) is 27.2. The predicted molar refractivity (Wildman–Crippen MR) is 165 cm³/mol. The molecule has 8 heteroatoms. The Morgan fingerprint density at radius 3 is 2.38 bits per heavy atom. The van der Waals surface area contributed by atoms with Gasteiger partial charge in [0, 0.05) is 11.1 Å². The van der Waals surface area contributed by atoms with E-state index in [0.717, 1.165) is 27.5 Å². The summed E-state index contributed by atoms with van der Waals surface area (Å²) in [5.41, 5.74) is 2.81. The molecule has 0 fully saturated rings. The van der Waals surface area contributed by atoms with Crippen LogP contribution >= 0.6 is 11.3 Å². The first-order chi connectivity index (χ1) is 20.5. The van der Waals surface area contributed by atoms with E-state index in [-0.39, 0.29) is 12.2 Å². The van der Waals surface area contributed by atoms with Crippen LogP contribution in [-0.4, -0.2) is 31.4 Å². The van der Waals surface area contributed by atoms with Gasteiger partial charge >= 0.3 is 5.97 Å². The molecule has 0 N–H and O–H groups in total. The number of ether oxygens (including phenoxy) is 3. The van der Waals surface area contributed by atoms with Crippen LogP contribution in [0, 0.1) is 0 Å². The molecule has 210 valence electrons. The van der Waals surface area contributed by atoms with E-state index in [9.17, 15) is 9.59 Å². The monoisotopic (exact) mass is 576 g/mol. The molecule has 0 bridgehead atoms. The normalized spacial score (nSPS) is 14.8. The highest BCUT2D eigenvalue weighted by atomic mass is 32.1. The molecule has 1 aliphatic rings. The SMILES string of the molecule is CCOC(=O)C1=C(c2ccccc2)N=c2s/c(=C/c3c(OC)ccc4ccccc34)c(=O)n2[C@@H]1c1ccc(OC)cc1. The van der Waals surface area contributed by atoms with Gasteiger partial charge in [-0.3, -0.25) is 9.36 Å². The van der Waals surface area contributed by atoms with Gasteiger partial charge in [-0.15, -0.1) is 0 Å². The average molecular weight is 577 g/mol. The molecule has 7 nitrogen and oxygen atoms in total. The largest absolute Gasteiger partial charge is 0.497 e. The summed E-state index contributed by atoms with van der Waals surface area (Å²) >= 11 is 1.28. The van der Waals surface area contributed by atoms with E-state index < -0.39 is 12.0 Å². The number of nitrogens with zero attached hydrogens (tertiary/aromatic N) is 2. The topological polar surface area (TPSA) is 79.1 Å². The van der Waals surface area contributed by atoms with Gasteiger partial charge in [-0.2, -0.15) is 0 Å². The van der Waals surface area contributed by atoms with Crippen LogP contribution in [0.15, 0.2) is 106 Å². The van der Waals surface area contributed by atoms with Crippen molar-refractivity contribution >= 4 is 39.9 Å². The molecule has 0 amide bonds. The van der Waals surface area contributed by atoms with Crippen LogP contribution in [0.5, 0.6) is 11.5 Å². The summed E-state index contributed by atoms with van der Waals surface area (Å²) < 4.78 is 18.7. The Hall–Kier alpha value is -4.95. The Morgan fingerprint density at radius 1 is 0.929 bits per heavy atom. The van der Waals surface area contributed by atoms with Crippen LogP contribution in [0.4, 0.5) is 0 Å². The van der Waals surface area contributed by atoms with Crippen molar-refractivity contribution in [3.63, 3.8) is 0 Å². The lowest BCUT2D eigenvalue weighted by Gasteiger charge is -2.26. The van der Waals surface area contributed by atoms with E-state index in [1.807, 2.05) is 97.1 Å². The molecule has 0 spiro atoms. The zero-order chi connectivity index (χ0) is 29.2. The summed E-state index contributed by atoms with van der Waals surface area (Å²) in [6, 6.07) is 28.0. The molecule has 5 aromatic rings. The summed E-state index contributed by atoms with van der Waals surface area (Å²) in [7, 11) is 3.21. The zero-order valence-corrected chi connectivity index (χ0v) is 24.2. The summed E-state index contributed by atoms with van der Waals surface area (Å²) in [5.74, 6) is 0.800. The molecular weight excluding hydrogens is 548 g/mol. The minimum atomic E-state index is -0.766. The summed E-state index contributed by atoms with van der Waals surface area (Å²) in [4.78, 5) is 33.3. The van der Waals surface area contributed by atoms with E-state index in [1.54, 1.807) is 25.7 Å². The van der Waals surface area contributed by atoms with Crippen molar-refractivity contribution in [3.8, 4) is 11.5 Å². The van der Waals surface area contributed by atoms with Gasteiger partial charge in [-0.1, -0.05) is 84.1 Å². The van der Waals surface area contributed by atoms with Crippen LogP contribution in [0.1, 0.15) is 29.7 Å². The van der Waals surface area contributed by atoms with E-state index in [2.05, 4.69) is 0 Å². The third-order valence-corrected chi connectivity index (χ3v) is 8.21. The molecule has 0 unspecified atom stereocenters. The standard InChI is InChI=1S/C34H28N2O5S/c1-4-41-33(38)29-30(22-11-6-5-7-12-22)35-34-36(31(29)23-14-17-24(39-2)18-15-23)32(37)28(42-34)20-26-25-13-9-8-10-21(25)16-19-27(26)40-3/h5-20,31H,4H2,1-3H3/b28-20+/t31-/m1/s1. The molecule has 2 heterocycles. The number of aromatic nitrogens is 1. The van der Waals surface area contributed by atoms with Crippen molar-refractivity contribution in [2.75, 3.05) is 20.8 Å². The molecule has 1 atom stereocenters. The lowest BCUT2D eigenvalue weighted by molar-refractivity contribution is -0.138. The molecular formula is C34H28N2O5S. The van der Waals surface area contributed by atoms with Gasteiger partial charge in [0.05, 0.1) is 42.7 Å². The minimum absolute atomic E-state index is 0.186. The van der Waals surface area contributed by atoms with Crippen LogP contribution < -0.4 is 24.4 Å². The highest BCUT2D eigenvalue weighted by Gasteiger charge is 2.35. The minimum Gasteiger partial charge on any atom is -0.497 e. The molecule has 1 aliphatic heterocycles. The molecule has 42 heavy (non-hydrogen) atoms. The zero-order valence-electron chi connectivity index (χ0n) is 23.4. The van der Waals surface area contributed by atoms with E-state index >= 15 is 0 Å². The molecule has 0 radical (unpaired) electrons. The number of esters is 1. The van der Waals surface area contributed by atoms with Gasteiger partial charge in [-0.05, 0) is 47.5 Å². The first-order valence-corrected chi connectivity index (χ1v) is 14.3. The summed E-state index contributed by atoms with van der Waals surface area (Å²) in [6.45, 7) is 1.95. The van der Waals surface area contributed by atoms with Crippen molar-refractivity contribution in [1.29, 1.82) is 0 Å². The molecule has 4 aromatic carbocycles. The summed E-state index contributed by atoms with van der Waals surface area (Å²) in [6.07, 6.45) is 1.85. The Kier molecular flexibility index (Phi) is 7.46. The van der Waals surface area contributed by atoms with Gasteiger partial charge < -0.3 is 14.2 Å². The smallest absolute Gasteiger partial charge is 0.338 e. The number of rotatable bonds is 7. The number of hydrogen-bond donors (Lipinski definition) is 0. The second-order valence-electron chi connectivity index (χ2n) is 9.61. The quantitative estimate of drug-likeness (QED) is 0.252. The van der Waals surface area contributed by atoms with E-state index in [1.165, 1.54) is 11.3 Å². The Bertz CT molecular complexity index is 2010. The Labute approximate surface area is 246 Å². The lowest BCUT2D eigenvalue weighted by Crippen LogP contribution is -2.40. The second-order valence-corrected chi connectivity index (χ2v) is 10.6. The van der Waals surface area contributed by atoms with Crippen LogP contribution in [0.2, 0.25) is 0 Å². The van der Waals surface area contributed by atoms with Crippen molar-refractivity contribution < 1.29 is 19.0 Å². The molecule has 6 rings (SSSR count). The maximum Gasteiger partial charge on any atom is 0.338 e. The second kappa shape index (κ2) is 11.5. The number of thiazole rings is 1. The highest BCUT2D eigenvalue weighted by molar-refractivity contribution is 7.07. The average Bonchev–Trinajstić information content (AvgIpc) is 3.35. The van der Waals surface area contributed by atoms with Gasteiger partial charge in [0.15, 0.2) is 4.80 Å².